The third-order valence-corrected chi connectivity index (χ3v) is 0. The summed E-state index contributed by atoms with van der Waals surface area (Å²) < 4.78 is 0. The molecule has 0 rings (SSSR count). The van der Waals surface area contributed by atoms with E-state index >= 15 is 0 Å². The Morgan fingerprint density at radius 1 is 0.500 bits per heavy atom. The molecule has 0 N–H and O–H groups in total. The summed E-state index contributed by atoms with van der Waals surface area (Å²) in [4.78, 5) is 0. The Morgan fingerprint density at radius 2 is 0.500 bits per heavy atom. The Morgan fingerprint density at radius 3 is 0.500 bits per heavy atom. The Kier molecular flexibility index (Phi) is 3150. The van der Waals surface area contributed by atoms with E-state index in [0.29, 0.717) is 0 Å². The molecule has 0 aliphatic heterocycles. The predicted molar refractivity (Wildman–Crippen MR) is 19.9 cm³/mol. The van der Waals surface area contributed by atoms with Crippen molar-refractivity contribution in [2.24, 2.45) is 0 Å². The molecule has 0 heterocycles. The maximum atomic E-state index is 6.25. The first-order valence-corrected chi connectivity index (χ1v) is 0.894. The van der Waals surface area contributed by atoms with Crippen LogP contribution < -0.4 is 0 Å². The molecule has 49 valence electrons. The molecule has 0 bridgehead atoms. The summed E-state index contributed by atoms with van der Waals surface area (Å²) in [6, 6.07) is 0. The summed E-state index contributed by atoms with van der Waals surface area (Å²) in [6.45, 7) is 19.0. The summed E-state index contributed by atoms with van der Waals surface area (Å²) in [5, 5.41) is 25.0. The Balaban J connectivity index is -0.00000000500. The van der Waals surface area contributed by atoms with Crippen LogP contribution in [-0.2, 0) is 36.5 Å². The number of rotatable bonds is 0. The van der Waals surface area contributed by atoms with Crippen LogP contribution >= 0.6 is 0 Å². The smallest absolute Gasteiger partial charge is 0.512 e. The monoisotopic (exact) mass is 231 g/mol. The van der Waals surface area contributed by atoms with E-state index in [1.54, 1.807) is 0 Å². The average Bonchev–Trinajstić information content (AvgIpc) is 2.03. The largest absolute Gasteiger partial charge is 2.00 e. The molecule has 0 aromatic heterocycles. The van der Waals surface area contributed by atoms with Crippen molar-refractivity contribution in [3.05, 3.63) is 26.3 Å². The van der Waals surface area contributed by atoms with Gasteiger partial charge in [0.05, 0.1) is 0 Å². The quantitative estimate of drug-likeness (QED) is 0.446. The van der Waals surface area contributed by atoms with Gasteiger partial charge in [-0.25, -0.2) is 0 Å². The van der Waals surface area contributed by atoms with Crippen molar-refractivity contribution in [1.82, 2.24) is 0 Å². The fraction of sp³-hybridized carbons (Fsp3) is 0. The maximum Gasteiger partial charge on any atom is 2.00 e. The Hall–Kier alpha value is -0.897. The van der Waals surface area contributed by atoms with E-state index < -0.39 is 0 Å². The first-order chi connectivity index (χ1) is 4.00. The van der Waals surface area contributed by atoms with E-state index in [9.17, 15) is 0 Å². The molecule has 0 aliphatic carbocycles. The summed E-state index contributed by atoms with van der Waals surface area (Å²) in [6.07, 6.45) is 0. The molecule has 0 spiro atoms. The Bertz CT molecular complexity index is 60.2. The van der Waals surface area contributed by atoms with E-state index in [1.807, 2.05) is 0 Å². The third-order valence-electron chi connectivity index (χ3n) is 0. The second kappa shape index (κ2) is 508. The standard InChI is InChI=1S/4CN.Cu.Zn/c4*1-2;;/q4*-1;2*+2. The first-order valence-electron chi connectivity index (χ1n) is 0.894. The first kappa shape index (κ1) is 62.1. The fourth-order valence-corrected chi connectivity index (χ4v) is 0. The van der Waals surface area contributed by atoms with Gasteiger partial charge < -0.3 is 47.3 Å². The van der Waals surface area contributed by atoms with E-state index in [2.05, 4.69) is 0 Å². The van der Waals surface area contributed by atoms with Gasteiger partial charge in [0.2, 0.25) is 0 Å². The van der Waals surface area contributed by atoms with Crippen LogP contribution in [0, 0.1) is 47.3 Å². The van der Waals surface area contributed by atoms with Gasteiger partial charge in [-0.05, 0) is 0 Å². The van der Waals surface area contributed by atoms with Gasteiger partial charge in [0, 0.05) is 0 Å². The van der Waals surface area contributed by atoms with Crippen LogP contribution in [0.4, 0.5) is 0 Å². The van der Waals surface area contributed by atoms with Crippen molar-refractivity contribution in [1.29, 1.82) is 21.0 Å². The minimum absolute atomic E-state index is 0. The predicted octanol–water partition coefficient (Wildman–Crippen LogP) is 0.380. The normalized spacial score (nSPS) is 0.800. The molecule has 0 saturated carbocycles. The van der Waals surface area contributed by atoms with Crippen LogP contribution in [0.5, 0.6) is 0 Å². The van der Waals surface area contributed by atoms with Crippen LogP contribution in [0.1, 0.15) is 0 Å². The van der Waals surface area contributed by atoms with Gasteiger partial charge >= 0.3 is 36.5 Å². The van der Waals surface area contributed by atoms with Crippen LogP contribution in [0.25, 0.3) is 0 Å². The van der Waals surface area contributed by atoms with Crippen LogP contribution in [0.3, 0.4) is 0 Å². The van der Waals surface area contributed by atoms with E-state index in [4.69, 9.17) is 47.3 Å². The van der Waals surface area contributed by atoms with Gasteiger partial charge in [0.15, 0.2) is 0 Å². The average molecular weight is 233 g/mol. The van der Waals surface area contributed by atoms with Crippen LogP contribution in [0.2, 0.25) is 0 Å². The minimum Gasteiger partial charge on any atom is -0.512 e. The molecule has 6 heteroatoms. The zero-order valence-electron chi connectivity index (χ0n) is 4.80. The Labute approximate surface area is 83.9 Å². The van der Waals surface area contributed by atoms with Crippen molar-refractivity contribution in [2.45, 2.75) is 0 Å². The van der Waals surface area contributed by atoms with Crippen molar-refractivity contribution in [3.8, 4) is 0 Å². The second-order valence-corrected chi connectivity index (χ2v) is 0. The molecular formula is C4CuN4Zn. The zero-order chi connectivity index (χ0) is 8.00. The minimum atomic E-state index is 0. The molecule has 0 atom stereocenters. The SMILES string of the molecule is [C-]#N.[C-]#N.[C-]#N.[C-]#N.[Cu+2].[Zn+2]. The summed E-state index contributed by atoms with van der Waals surface area (Å²) in [7, 11) is 0. The van der Waals surface area contributed by atoms with Crippen LogP contribution in [-0.4, -0.2) is 0 Å². The molecule has 0 amide bonds. The topological polar surface area (TPSA) is 95.2 Å². The van der Waals surface area contributed by atoms with Gasteiger partial charge in [-0.1, -0.05) is 0 Å². The van der Waals surface area contributed by atoms with E-state index in [-0.39, 0.29) is 36.5 Å². The summed E-state index contributed by atoms with van der Waals surface area (Å²) >= 11 is 0. The molecule has 0 aromatic carbocycles. The molecule has 0 saturated heterocycles. The van der Waals surface area contributed by atoms with E-state index in [1.165, 1.54) is 0 Å². The number of hydrogen-bond donors (Lipinski definition) is 0. The van der Waals surface area contributed by atoms with Gasteiger partial charge in [0.1, 0.15) is 0 Å². The molecule has 10 heavy (non-hydrogen) atoms. The van der Waals surface area contributed by atoms with Gasteiger partial charge in [0.25, 0.3) is 0 Å². The van der Waals surface area contributed by atoms with Crippen molar-refractivity contribution in [2.75, 3.05) is 0 Å². The molecule has 0 unspecified atom stereocenters. The van der Waals surface area contributed by atoms with Gasteiger partial charge in [-0.15, -0.1) is 0 Å². The molecular weight excluding hydrogens is 233 g/mol. The van der Waals surface area contributed by atoms with Crippen molar-refractivity contribution >= 4 is 0 Å². The molecule has 0 fully saturated rings. The number of hydrogen-bond acceptors (Lipinski definition) is 4. The fourth-order valence-electron chi connectivity index (χ4n) is 0. The molecule has 0 aromatic rings. The molecule has 4 nitrogen and oxygen atoms in total. The van der Waals surface area contributed by atoms with Crippen LogP contribution in [0.15, 0.2) is 0 Å². The maximum absolute atomic E-state index is 6.25. The van der Waals surface area contributed by atoms with Gasteiger partial charge in [-0.2, -0.15) is 0 Å². The molecule has 0 aliphatic rings. The number of nitrogens with zero attached hydrogens (tertiary/aromatic N) is 4. The summed E-state index contributed by atoms with van der Waals surface area (Å²) in [5.41, 5.74) is 0. The van der Waals surface area contributed by atoms with Crippen molar-refractivity contribution in [3.63, 3.8) is 0 Å². The van der Waals surface area contributed by atoms with Crippen molar-refractivity contribution < 1.29 is 36.5 Å². The zero-order valence-corrected chi connectivity index (χ0v) is 8.71. The summed E-state index contributed by atoms with van der Waals surface area (Å²) in [5.74, 6) is 0. The van der Waals surface area contributed by atoms with E-state index in [0.717, 1.165) is 0 Å². The van der Waals surface area contributed by atoms with Gasteiger partial charge in [-0.3, -0.25) is 0 Å². The second-order valence-electron chi connectivity index (χ2n) is 0. The molecule has 1 radical (unpaired) electrons. The third kappa shape index (κ3) is 329.